The van der Waals surface area contributed by atoms with E-state index in [9.17, 15) is 0 Å². The number of ether oxygens (including phenoxy) is 1. The molecule has 1 heterocycles. The van der Waals surface area contributed by atoms with Crippen molar-refractivity contribution in [2.75, 3.05) is 7.05 Å². The highest BCUT2D eigenvalue weighted by molar-refractivity contribution is 5.34. The molecule has 1 aliphatic rings. The molecule has 0 aliphatic carbocycles. The molecule has 106 valence electrons. The van der Waals surface area contributed by atoms with Crippen molar-refractivity contribution >= 4 is 0 Å². The summed E-state index contributed by atoms with van der Waals surface area (Å²) in [5, 5.41) is 0. The molecule has 0 spiro atoms. The van der Waals surface area contributed by atoms with E-state index in [-0.39, 0.29) is 12.3 Å². The molecule has 1 N–H and O–H groups in total. The lowest BCUT2D eigenvalue weighted by Gasteiger charge is -2.15. The first kappa shape index (κ1) is 13.9. The molecular formula is C19H20NO+. The Balaban J connectivity index is 1.78. The molecule has 0 aromatic heterocycles. The van der Waals surface area contributed by atoms with Crippen LogP contribution < -0.4 is 4.90 Å². The normalized spacial score (nSPS) is 27.9. The summed E-state index contributed by atoms with van der Waals surface area (Å²) in [6.45, 7) is 2.22. The van der Waals surface area contributed by atoms with Crippen molar-refractivity contribution < 1.29 is 9.64 Å². The number of benzene rings is 2. The largest absolute Gasteiger partial charge is 0.304 e. The molecule has 0 bridgehead atoms. The summed E-state index contributed by atoms with van der Waals surface area (Å²) in [6.07, 6.45) is 0.0340. The average Bonchev–Trinajstić information content (AvgIpc) is 2.83. The first-order chi connectivity index (χ1) is 10.3. The molecule has 4 atom stereocenters. The third kappa shape index (κ3) is 3.00. The second kappa shape index (κ2) is 6.13. The fraction of sp³-hybridized carbons (Fsp3) is 0.263. The molecule has 1 unspecified atom stereocenters. The zero-order chi connectivity index (χ0) is 14.7. The van der Waals surface area contributed by atoms with Gasteiger partial charge in [-0.3, -0.25) is 4.90 Å². The molecule has 2 heteroatoms. The summed E-state index contributed by atoms with van der Waals surface area (Å²) in [4.78, 5) is 1.31. The highest BCUT2D eigenvalue weighted by Crippen LogP contribution is 2.24. The van der Waals surface area contributed by atoms with E-state index in [1.807, 2.05) is 36.4 Å². The summed E-state index contributed by atoms with van der Waals surface area (Å²) in [6, 6.07) is 20.9. The number of quaternary nitrogens is 1. The van der Waals surface area contributed by atoms with Crippen molar-refractivity contribution in [3.63, 3.8) is 0 Å². The van der Waals surface area contributed by atoms with E-state index in [0.717, 1.165) is 5.56 Å². The van der Waals surface area contributed by atoms with Crippen molar-refractivity contribution in [3.05, 3.63) is 71.8 Å². The van der Waals surface area contributed by atoms with E-state index in [1.165, 1.54) is 10.5 Å². The first-order valence-corrected chi connectivity index (χ1v) is 7.36. The number of nitrogens with one attached hydrogen (secondary N) is 1. The fourth-order valence-corrected chi connectivity index (χ4v) is 2.68. The van der Waals surface area contributed by atoms with Crippen LogP contribution in [0.15, 0.2) is 60.7 Å². The van der Waals surface area contributed by atoms with E-state index in [4.69, 9.17) is 4.74 Å². The van der Waals surface area contributed by atoms with Gasteiger partial charge in [0.25, 0.3) is 6.23 Å². The lowest BCUT2D eigenvalue weighted by Crippen LogP contribution is -3.14. The predicted octanol–water partition coefficient (Wildman–Crippen LogP) is 2.04. The molecule has 2 aromatic carbocycles. The van der Waals surface area contributed by atoms with Crippen LogP contribution in [0, 0.1) is 11.8 Å². The molecule has 3 rings (SSSR count). The molecule has 0 saturated carbocycles. The minimum absolute atomic E-state index is 0.0783. The highest BCUT2D eigenvalue weighted by Gasteiger charge is 2.41. The Morgan fingerprint density at radius 2 is 1.57 bits per heavy atom. The fourth-order valence-electron chi connectivity index (χ4n) is 2.68. The van der Waals surface area contributed by atoms with Gasteiger partial charge in [0.1, 0.15) is 12.1 Å². The van der Waals surface area contributed by atoms with Crippen molar-refractivity contribution in [2.24, 2.45) is 0 Å². The zero-order valence-electron chi connectivity index (χ0n) is 12.4. The van der Waals surface area contributed by atoms with Crippen LogP contribution in [0.25, 0.3) is 0 Å². The van der Waals surface area contributed by atoms with Crippen LogP contribution in [0.5, 0.6) is 0 Å². The minimum Gasteiger partial charge on any atom is -0.304 e. The summed E-state index contributed by atoms with van der Waals surface area (Å²) in [5.74, 6) is 6.48. The van der Waals surface area contributed by atoms with Gasteiger partial charge in [-0.2, -0.15) is 0 Å². The zero-order valence-corrected chi connectivity index (χ0v) is 12.4. The molecule has 1 fully saturated rings. The minimum atomic E-state index is -0.0783. The predicted molar refractivity (Wildman–Crippen MR) is 83.7 cm³/mol. The van der Waals surface area contributed by atoms with Crippen LogP contribution in [0.4, 0.5) is 0 Å². The van der Waals surface area contributed by atoms with Crippen molar-refractivity contribution in [3.8, 4) is 11.8 Å². The molecule has 1 aliphatic heterocycles. The summed E-state index contributed by atoms with van der Waals surface area (Å²) >= 11 is 0. The molecule has 2 aromatic rings. The van der Waals surface area contributed by atoms with Crippen LogP contribution in [0.2, 0.25) is 0 Å². The molecule has 0 amide bonds. The van der Waals surface area contributed by atoms with Crippen LogP contribution in [0.3, 0.4) is 0 Å². The third-order valence-electron chi connectivity index (χ3n) is 4.12. The lowest BCUT2D eigenvalue weighted by atomic mass is 10.0. The molecular weight excluding hydrogens is 258 g/mol. The van der Waals surface area contributed by atoms with Gasteiger partial charge < -0.3 is 4.74 Å². The maximum atomic E-state index is 6.18. The van der Waals surface area contributed by atoms with Gasteiger partial charge in [0, 0.05) is 5.56 Å². The van der Waals surface area contributed by atoms with Gasteiger partial charge in [0.15, 0.2) is 0 Å². The van der Waals surface area contributed by atoms with Crippen molar-refractivity contribution in [1.29, 1.82) is 0 Å². The topological polar surface area (TPSA) is 13.7 Å². The van der Waals surface area contributed by atoms with Crippen LogP contribution in [0.1, 0.15) is 24.2 Å². The van der Waals surface area contributed by atoms with Gasteiger partial charge in [-0.05, 0) is 30.5 Å². The van der Waals surface area contributed by atoms with Gasteiger partial charge in [0.2, 0.25) is 0 Å². The maximum absolute atomic E-state index is 6.18. The molecule has 2 nitrogen and oxygen atoms in total. The molecule has 21 heavy (non-hydrogen) atoms. The second-order valence-corrected chi connectivity index (χ2v) is 5.52. The van der Waals surface area contributed by atoms with Crippen LogP contribution in [-0.2, 0) is 4.74 Å². The molecule has 0 radical (unpaired) electrons. The van der Waals surface area contributed by atoms with Gasteiger partial charge >= 0.3 is 0 Å². The van der Waals surface area contributed by atoms with E-state index in [0.29, 0.717) is 6.04 Å². The number of rotatable bonds is 1. The number of hydrogen-bond acceptors (Lipinski definition) is 1. The Labute approximate surface area is 126 Å². The third-order valence-corrected chi connectivity index (χ3v) is 4.12. The Morgan fingerprint density at radius 3 is 2.24 bits per heavy atom. The summed E-state index contributed by atoms with van der Waals surface area (Å²) in [7, 11) is 2.15. The quantitative estimate of drug-likeness (QED) is 0.788. The first-order valence-electron chi connectivity index (χ1n) is 7.36. The summed E-state index contributed by atoms with van der Waals surface area (Å²) < 4.78 is 6.18. The Kier molecular flexibility index (Phi) is 4.06. The van der Waals surface area contributed by atoms with Gasteiger partial charge in [-0.1, -0.05) is 54.5 Å². The summed E-state index contributed by atoms with van der Waals surface area (Å²) in [5.41, 5.74) is 2.26. The van der Waals surface area contributed by atoms with Crippen molar-refractivity contribution in [1.82, 2.24) is 0 Å². The van der Waals surface area contributed by atoms with Crippen LogP contribution in [-0.4, -0.2) is 19.3 Å². The van der Waals surface area contributed by atoms with Crippen LogP contribution >= 0.6 is 0 Å². The van der Waals surface area contributed by atoms with Gasteiger partial charge in [0.05, 0.1) is 7.05 Å². The van der Waals surface area contributed by atoms with Gasteiger partial charge in [-0.15, -0.1) is 0 Å². The molecule has 1 saturated heterocycles. The van der Waals surface area contributed by atoms with Gasteiger partial charge in [-0.25, -0.2) is 0 Å². The van der Waals surface area contributed by atoms with E-state index in [2.05, 4.69) is 50.1 Å². The smallest absolute Gasteiger partial charge is 0.257 e. The average molecular weight is 278 g/mol. The number of likely N-dealkylation sites (N-methyl/N-ethyl adjacent to an activating group) is 1. The monoisotopic (exact) mass is 278 g/mol. The lowest BCUT2D eigenvalue weighted by molar-refractivity contribution is -0.917. The SMILES string of the molecule is C[C@H]1[C@H](c2ccccc2)O[C@H](C#Cc2ccccc2)[NH+]1C. The van der Waals surface area contributed by atoms with Crippen molar-refractivity contribution in [2.45, 2.75) is 25.3 Å². The Hall–Kier alpha value is -2.08. The standard InChI is InChI=1S/C19H19NO/c1-15-19(17-11-7-4-8-12-17)21-18(20(15)2)14-13-16-9-5-3-6-10-16/h3-12,15,18-19H,1-2H3/p+1/t15-,18+,19+/m0/s1. The van der Waals surface area contributed by atoms with E-state index >= 15 is 0 Å². The van der Waals surface area contributed by atoms with E-state index < -0.39 is 0 Å². The van der Waals surface area contributed by atoms with E-state index in [1.54, 1.807) is 0 Å². The second-order valence-electron chi connectivity index (χ2n) is 5.52. The maximum Gasteiger partial charge on any atom is 0.257 e. The highest BCUT2D eigenvalue weighted by atomic mass is 16.5. The Morgan fingerprint density at radius 1 is 0.952 bits per heavy atom. The Bertz CT molecular complexity index is 642. The number of hydrogen-bond donors (Lipinski definition) is 1.